The Bertz CT molecular complexity index is 1340. The Balaban J connectivity index is 1.68. The Morgan fingerprint density at radius 2 is 1.81 bits per heavy atom. The summed E-state index contributed by atoms with van der Waals surface area (Å²) in [6, 6.07) is 8.82. The molecule has 2 atom stereocenters. The summed E-state index contributed by atoms with van der Waals surface area (Å²) >= 11 is 0. The molecule has 2 aliphatic rings. The highest BCUT2D eigenvalue weighted by Gasteiger charge is 2.65. The van der Waals surface area contributed by atoms with E-state index >= 15 is 0 Å². The summed E-state index contributed by atoms with van der Waals surface area (Å²) in [6.45, 7) is 4.27. The van der Waals surface area contributed by atoms with Gasteiger partial charge in [0, 0.05) is 6.20 Å². The van der Waals surface area contributed by atoms with E-state index in [1.54, 1.807) is 24.4 Å². The number of pyridine rings is 1. The average molecular weight is 457 g/mol. The van der Waals surface area contributed by atoms with Gasteiger partial charge in [-0.25, -0.2) is 17.2 Å². The number of nitrogens with one attached hydrogen (secondary N) is 1. The summed E-state index contributed by atoms with van der Waals surface area (Å²) in [4.78, 5) is 4.60. The van der Waals surface area contributed by atoms with Crippen LogP contribution in [0.3, 0.4) is 0 Å². The Hall–Kier alpha value is -2.94. The molecular formula is C23H22F2N4O2S. The van der Waals surface area contributed by atoms with Crippen LogP contribution in [0.4, 0.5) is 14.5 Å². The quantitative estimate of drug-likeness (QED) is 0.629. The number of anilines is 1. The average Bonchev–Trinajstić information content (AvgIpc) is 3.08. The van der Waals surface area contributed by atoms with E-state index in [2.05, 4.69) is 33.8 Å². The largest absolute Gasteiger partial charge is 0.284 e. The molecule has 0 radical (unpaired) electrons. The van der Waals surface area contributed by atoms with Crippen LogP contribution >= 0.6 is 0 Å². The molecule has 32 heavy (non-hydrogen) atoms. The molecule has 1 N–H and O–H groups in total. The lowest BCUT2D eigenvalue weighted by Crippen LogP contribution is -2.37. The third kappa shape index (κ3) is 2.87. The maximum atomic E-state index is 14.4. The first-order valence-corrected chi connectivity index (χ1v) is 12.2. The van der Waals surface area contributed by atoms with E-state index in [0.29, 0.717) is 11.4 Å². The van der Waals surface area contributed by atoms with Gasteiger partial charge in [-0.1, -0.05) is 19.9 Å². The fourth-order valence-corrected chi connectivity index (χ4v) is 6.25. The molecule has 2 aromatic heterocycles. The number of benzene rings is 1. The summed E-state index contributed by atoms with van der Waals surface area (Å²) in [5, 5.41) is 8.70. The fourth-order valence-electron chi connectivity index (χ4n) is 5.70. The minimum absolute atomic E-state index is 0.106. The Morgan fingerprint density at radius 3 is 2.50 bits per heavy atom. The molecule has 0 aliphatic heterocycles. The smallest absolute Gasteiger partial charge is 0.229 e. The maximum Gasteiger partial charge on any atom is 0.229 e. The molecule has 1 fully saturated rings. The van der Waals surface area contributed by atoms with E-state index < -0.39 is 27.1 Å². The predicted octanol–water partition coefficient (Wildman–Crippen LogP) is 4.39. The van der Waals surface area contributed by atoms with Gasteiger partial charge in [-0.2, -0.15) is 5.10 Å². The molecule has 6 nitrogen and oxygen atoms in total. The highest BCUT2D eigenvalue weighted by molar-refractivity contribution is 7.92. The van der Waals surface area contributed by atoms with Gasteiger partial charge in [0.25, 0.3) is 0 Å². The van der Waals surface area contributed by atoms with Crippen molar-refractivity contribution >= 4 is 15.7 Å². The van der Waals surface area contributed by atoms with Gasteiger partial charge in [0.2, 0.25) is 10.0 Å². The lowest BCUT2D eigenvalue weighted by atomic mass is 9.66. The number of sulfonamides is 1. The highest BCUT2D eigenvalue weighted by atomic mass is 32.2. The maximum absolute atomic E-state index is 14.4. The Morgan fingerprint density at radius 1 is 1.09 bits per heavy atom. The van der Waals surface area contributed by atoms with Crippen LogP contribution in [0.1, 0.15) is 49.6 Å². The molecule has 2 bridgehead atoms. The van der Waals surface area contributed by atoms with Gasteiger partial charge >= 0.3 is 0 Å². The van der Waals surface area contributed by atoms with Crippen LogP contribution in [0.15, 0.2) is 42.6 Å². The van der Waals surface area contributed by atoms with Crippen molar-refractivity contribution in [3.8, 4) is 11.3 Å². The van der Waals surface area contributed by atoms with E-state index in [-0.39, 0.29) is 22.6 Å². The Labute approximate surface area is 185 Å². The lowest BCUT2D eigenvalue weighted by Gasteiger charge is -2.37. The zero-order valence-electron chi connectivity index (χ0n) is 17.9. The first-order valence-electron chi connectivity index (χ1n) is 10.3. The second-order valence-corrected chi connectivity index (χ2v) is 10.9. The number of aromatic nitrogens is 3. The minimum Gasteiger partial charge on any atom is -0.284 e. The van der Waals surface area contributed by atoms with Gasteiger partial charge in [0.15, 0.2) is 0 Å². The van der Waals surface area contributed by atoms with Gasteiger partial charge in [-0.05, 0) is 60.1 Å². The summed E-state index contributed by atoms with van der Waals surface area (Å²) in [5.74, 6) is -1.26. The summed E-state index contributed by atoms with van der Waals surface area (Å²) in [6.07, 6.45) is 4.31. The number of hydrogen-bond acceptors (Lipinski definition) is 5. The normalized spacial score (nSPS) is 23.2. The number of nitrogens with zero attached hydrogens (tertiary/aromatic N) is 3. The third-order valence-electron chi connectivity index (χ3n) is 7.10. The van der Waals surface area contributed by atoms with Crippen molar-refractivity contribution in [2.75, 3.05) is 11.0 Å². The van der Waals surface area contributed by atoms with Crippen LogP contribution in [0.2, 0.25) is 0 Å². The van der Waals surface area contributed by atoms with Gasteiger partial charge in [0.05, 0.1) is 40.0 Å². The summed E-state index contributed by atoms with van der Waals surface area (Å²) < 4.78 is 54.7. The molecular weight excluding hydrogens is 434 g/mol. The molecule has 3 aromatic rings. The molecule has 0 unspecified atom stereocenters. The molecule has 1 saturated carbocycles. The van der Waals surface area contributed by atoms with Crippen LogP contribution < -0.4 is 4.72 Å². The van der Waals surface area contributed by atoms with Gasteiger partial charge in [-0.15, -0.1) is 5.10 Å². The van der Waals surface area contributed by atoms with Crippen molar-refractivity contribution in [2.45, 2.75) is 38.0 Å². The molecule has 2 aliphatic carbocycles. The number of hydrogen-bond donors (Lipinski definition) is 1. The van der Waals surface area contributed by atoms with Crippen LogP contribution in [0, 0.1) is 17.0 Å². The first kappa shape index (κ1) is 20.9. The summed E-state index contributed by atoms with van der Waals surface area (Å²) in [7, 11) is -3.44. The van der Waals surface area contributed by atoms with E-state index in [4.69, 9.17) is 0 Å². The van der Waals surface area contributed by atoms with Crippen molar-refractivity contribution in [2.24, 2.45) is 5.41 Å². The number of rotatable bonds is 4. The van der Waals surface area contributed by atoms with E-state index in [1.165, 1.54) is 18.2 Å². The Kier molecular flexibility index (Phi) is 4.43. The molecule has 0 spiro atoms. The van der Waals surface area contributed by atoms with Crippen molar-refractivity contribution in [1.82, 2.24) is 15.2 Å². The van der Waals surface area contributed by atoms with Crippen LogP contribution in [0.25, 0.3) is 11.3 Å². The SMILES string of the molecule is CC1(C)[C@H]2CC[C@@]1(c1cc(NS(C)(=O)=O)ccn1)c1nnc(-c3c(F)cccc3F)cc12. The van der Waals surface area contributed by atoms with Crippen molar-refractivity contribution in [3.63, 3.8) is 0 Å². The summed E-state index contributed by atoms with van der Waals surface area (Å²) in [5.41, 5.74) is 1.89. The molecule has 1 aromatic carbocycles. The van der Waals surface area contributed by atoms with Gasteiger partial charge in [0.1, 0.15) is 11.6 Å². The third-order valence-corrected chi connectivity index (χ3v) is 7.71. The molecule has 2 heterocycles. The second kappa shape index (κ2) is 6.78. The molecule has 9 heteroatoms. The van der Waals surface area contributed by atoms with Crippen LogP contribution in [-0.2, 0) is 15.4 Å². The molecule has 166 valence electrons. The monoisotopic (exact) mass is 456 g/mol. The number of halogens is 2. The van der Waals surface area contributed by atoms with Crippen molar-refractivity contribution in [3.05, 3.63) is 71.2 Å². The predicted molar refractivity (Wildman–Crippen MR) is 117 cm³/mol. The first-order chi connectivity index (χ1) is 15.0. The topological polar surface area (TPSA) is 84.8 Å². The zero-order valence-corrected chi connectivity index (χ0v) is 18.7. The number of fused-ring (bicyclic) bond motifs is 5. The second-order valence-electron chi connectivity index (χ2n) is 9.15. The van der Waals surface area contributed by atoms with E-state index in [1.807, 2.05) is 0 Å². The van der Waals surface area contributed by atoms with Gasteiger partial charge in [-0.3, -0.25) is 9.71 Å². The molecule has 0 saturated heterocycles. The fraction of sp³-hybridized carbons (Fsp3) is 0.348. The molecule has 0 amide bonds. The lowest BCUT2D eigenvalue weighted by molar-refractivity contribution is 0.243. The highest BCUT2D eigenvalue weighted by Crippen LogP contribution is 2.69. The van der Waals surface area contributed by atoms with Crippen LogP contribution in [0.5, 0.6) is 0 Å². The van der Waals surface area contributed by atoms with E-state index in [0.717, 1.165) is 30.4 Å². The van der Waals surface area contributed by atoms with Crippen molar-refractivity contribution in [1.29, 1.82) is 0 Å². The van der Waals surface area contributed by atoms with Crippen molar-refractivity contribution < 1.29 is 17.2 Å². The van der Waals surface area contributed by atoms with E-state index in [9.17, 15) is 17.2 Å². The zero-order chi connectivity index (χ0) is 22.9. The van der Waals surface area contributed by atoms with Gasteiger partial charge < -0.3 is 0 Å². The van der Waals surface area contributed by atoms with Crippen LogP contribution in [-0.4, -0.2) is 29.9 Å². The standard InChI is InChI=1S/C23H22F2N4O2S/c1-22(2)15-7-9-23(22,19-11-13(8-10-26-19)29-32(3,30)31)21-14(15)12-18(27-28-21)20-16(24)5-4-6-17(20)25/h4-6,8,10-12,15H,7,9H2,1-3H3,(H,26,29)/t15-,23+/m0/s1. The minimum atomic E-state index is -3.44. The molecule has 5 rings (SSSR count).